The van der Waals surface area contributed by atoms with Crippen molar-refractivity contribution >= 4 is 11.6 Å². The van der Waals surface area contributed by atoms with Crippen LogP contribution in [0.5, 0.6) is 5.75 Å². The zero-order chi connectivity index (χ0) is 17.5. The average molecular weight is 361 g/mol. The first-order valence-corrected chi connectivity index (χ1v) is 9.12. The van der Waals surface area contributed by atoms with Gasteiger partial charge < -0.3 is 9.84 Å². The van der Waals surface area contributed by atoms with Crippen LogP contribution < -0.4 is 4.74 Å². The summed E-state index contributed by atoms with van der Waals surface area (Å²) in [7, 11) is 0. The highest BCUT2D eigenvalue weighted by Crippen LogP contribution is 2.13. The van der Waals surface area contributed by atoms with E-state index >= 15 is 0 Å². The van der Waals surface area contributed by atoms with Crippen LogP contribution in [-0.4, -0.2) is 60.3 Å². The van der Waals surface area contributed by atoms with Crippen LogP contribution in [0, 0.1) is 0 Å². The Balaban J connectivity index is 1.36. The Kier molecular flexibility index (Phi) is 6.70. The van der Waals surface area contributed by atoms with Crippen LogP contribution in [0.4, 0.5) is 0 Å². The minimum atomic E-state index is -0.469. The summed E-state index contributed by atoms with van der Waals surface area (Å²) in [5.41, 5.74) is 1.29. The molecule has 0 bridgehead atoms. The zero-order valence-corrected chi connectivity index (χ0v) is 15.1. The molecule has 25 heavy (non-hydrogen) atoms. The second kappa shape index (κ2) is 9.20. The highest BCUT2D eigenvalue weighted by molar-refractivity contribution is 6.30. The Morgan fingerprint density at radius 2 is 1.56 bits per heavy atom. The van der Waals surface area contributed by atoms with Gasteiger partial charge in [0, 0.05) is 44.3 Å². The number of hydrogen-bond acceptors (Lipinski definition) is 4. The molecule has 0 saturated carbocycles. The molecule has 0 aromatic heterocycles. The SMILES string of the molecule is O[C@@H](COc1ccccc1)CN1CCN(Cc2ccc(Cl)cc2)CC1. The lowest BCUT2D eigenvalue weighted by atomic mass is 10.2. The highest BCUT2D eigenvalue weighted by atomic mass is 35.5. The van der Waals surface area contributed by atoms with E-state index < -0.39 is 6.10 Å². The summed E-state index contributed by atoms with van der Waals surface area (Å²) in [4.78, 5) is 4.74. The smallest absolute Gasteiger partial charge is 0.119 e. The van der Waals surface area contributed by atoms with E-state index in [2.05, 4.69) is 21.9 Å². The third-order valence-electron chi connectivity index (χ3n) is 4.44. The van der Waals surface area contributed by atoms with Gasteiger partial charge in [-0.05, 0) is 29.8 Å². The number of halogens is 1. The number of piperazine rings is 1. The van der Waals surface area contributed by atoms with Gasteiger partial charge in [-0.1, -0.05) is 41.9 Å². The molecule has 1 heterocycles. The van der Waals surface area contributed by atoms with Crippen LogP contribution in [0.15, 0.2) is 54.6 Å². The van der Waals surface area contributed by atoms with Gasteiger partial charge in [0.2, 0.25) is 0 Å². The number of β-amino-alcohol motifs (C(OH)–C–C–N with tert-alkyl or cyclic N) is 1. The van der Waals surface area contributed by atoms with E-state index in [0.717, 1.165) is 43.5 Å². The summed E-state index contributed by atoms with van der Waals surface area (Å²) in [5.74, 6) is 0.800. The summed E-state index contributed by atoms with van der Waals surface area (Å²) >= 11 is 5.93. The molecule has 4 nitrogen and oxygen atoms in total. The molecule has 2 aromatic carbocycles. The molecule has 1 atom stereocenters. The zero-order valence-electron chi connectivity index (χ0n) is 14.4. The van der Waals surface area contributed by atoms with E-state index in [0.29, 0.717) is 13.2 Å². The third kappa shape index (κ3) is 6.01. The van der Waals surface area contributed by atoms with Crippen LogP contribution >= 0.6 is 11.6 Å². The number of hydrogen-bond donors (Lipinski definition) is 1. The van der Waals surface area contributed by atoms with Crippen LogP contribution in [0.25, 0.3) is 0 Å². The van der Waals surface area contributed by atoms with Crippen LogP contribution in [0.1, 0.15) is 5.56 Å². The van der Waals surface area contributed by atoms with E-state index in [9.17, 15) is 5.11 Å². The van der Waals surface area contributed by atoms with E-state index in [1.54, 1.807) is 0 Å². The molecule has 0 unspecified atom stereocenters. The summed E-state index contributed by atoms with van der Waals surface area (Å²) in [6.45, 7) is 5.89. The maximum atomic E-state index is 10.2. The van der Waals surface area contributed by atoms with E-state index in [1.807, 2.05) is 42.5 Å². The molecule has 1 N–H and O–H groups in total. The summed E-state index contributed by atoms with van der Waals surface area (Å²) in [6.07, 6.45) is -0.469. The van der Waals surface area contributed by atoms with Gasteiger partial charge >= 0.3 is 0 Å². The highest BCUT2D eigenvalue weighted by Gasteiger charge is 2.19. The fraction of sp³-hybridized carbons (Fsp3) is 0.400. The quantitative estimate of drug-likeness (QED) is 0.823. The number of aliphatic hydroxyl groups is 1. The minimum absolute atomic E-state index is 0.328. The predicted molar refractivity (Wildman–Crippen MR) is 101 cm³/mol. The Hall–Kier alpha value is -1.59. The van der Waals surface area contributed by atoms with Crippen molar-refractivity contribution in [3.8, 4) is 5.75 Å². The maximum absolute atomic E-state index is 10.2. The van der Waals surface area contributed by atoms with Gasteiger partial charge in [0.15, 0.2) is 0 Å². The number of nitrogens with zero attached hydrogens (tertiary/aromatic N) is 2. The molecule has 0 spiro atoms. The van der Waals surface area contributed by atoms with Crippen molar-refractivity contribution < 1.29 is 9.84 Å². The normalized spacial score (nSPS) is 17.4. The monoisotopic (exact) mass is 360 g/mol. The molecule has 0 amide bonds. The number of rotatable bonds is 7. The van der Waals surface area contributed by atoms with Crippen molar-refractivity contribution in [1.29, 1.82) is 0 Å². The van der Waals surface area contributed by atoms with Crippen LogP contribution in [-0.2, 0) is 6.54 Å². The Labute approximate surface area is 154 Å². The molecule has 5 heteroatoms. The molecule has 1 aliphatic heterocycles. The number of para-hydroxylation sites is 1. The predicted octanol–water partition coefficient (Wildman–Crippen LogP) is 2.90. The molecule has 1 aliphatic rings. The molecule has 0 radical (unpaired) electrons. The van der Waals surface area contributed by atoms with Crippen molar-refractivity contribution in [2.75, 3.05) is 39.3 Å². The molecule has 0 aliphatic carbocycles. The fourth-order valence-electron chi connectivity index (χ4n) is 3.04. The second-order valence-corrected chi connectivity index (χ2v) is 6.92. The lowest BCUT2D eigenvalue weighted by Gasteiger charge is -2.35. The summed E-state index contributed by atoms with van der Waals surface area (Å²) in [5, 5.41) is 11.0. The van der Waals surface area contributed by atoms with Gasteiger partial charge in [-0.25, -0.2) is 0 Å². The molecular formula is C20H25ClN2O2. The lowest BCUT2D eigenvalue weighted by molar-refractivity contribution is 0.0446. The van der Waals surface area contributed by atoms with Crippen LogP contribution in [0.2, 0.25) is 5.02 Å². The van der Waals surface area contributed by atoms with Crippen molar-refractivity contribution in [3.63, 3.8) is 0 Å². The average Bonchev–Trinajstić information content (AvgIpc) is 2.64. The van der Waals surface area contributed by atoms with Gasteiger partial charge in [0.05, 0.1) is 0 Å². The van der Waals surface area contributed by atoms with Crippen molar-refractivity contribution in [1.82, 2.24) is 9.80 Å². The van der Waals surface area contributed by atoms with Crippen LogP contribution in [0.3, 0.4) is 0 Å². The van der Waals surface area contributed by atoms with Crippen molar-refractivity contribution in [2.45, 2.75) is 12.6 Å². The summed E-state index contributed by atoms with van der Waals surface area (Å²) in [6, 6.07) is 17.7. The lowest BCUT2D eigenvalue weighted by Crippen LogP contribution is -2.48. The number of ether oxygens (including phenoxy) is 1. The number of aliphatic hydroxyl groups excluding tert-OH is 1. The van der Waals surface area contributed by atoms with E-state index in [1.165, 1.54) is 5.56 Å². The van der Waals surface area contributed by atoms with Gasteiger partial charge in [-0.15, -0.1) is 0 Å². The Morgan fingerprint density at radius 1 is 0.920 bits per heavy atom. The van der Waals surface area contributed by atoms with Gasteiger partial charge in [0.1, 0.15) is 18.5 Å². The Bertz CT molecular complexity index is 628. The second-order valence-electron chi connectivity index (χ2n) is 6.48. The van der Waals surface area contributed by atoms with Crippen molar-refractivity contribution in [2.24, 2.45) is 0 Å². The molecule has 3 rings (SSSR count). The van der Waals surface area contributed by atoms with E-state index in [4.69, 9.17) is 16.3 Å². The van der Waals surface area contributed by atoms with Crippen molar-refractivity contribution in [3.05, 3.63) is 65.2 Å². The first-order chi connectivity index (χ1) is 12.2. The third-order valence-corrected chi connectivity index (χ3v) is 4.69. The largest absolute Gasteiger partial charge is 0.491 e. The van der Waals surface area contributed by atoms with Gasteiger partial charge in [-0.3, -0.25) is 9.80 Å². The van der Waals surface area contributed by atoms with E-state index in [-0.39, 0.29) is 0 Å². The standard InChI is InChI=1S/C20H25ClN2O2/c21-18-8-6-17(7-9-18)14-22-10-12-23(13-11-22)15-19(24)16-25-20-4-2-1-3-5-20/h1-9,19,24H,10-16H2/t19-/m1/s1. The molecule has 1 saturated heterocycles. The number of benzene rings is 2. The first kappa shape index (κ1) is 18.2. The topological polar surface area (TPSA) is 35.9 Å². The molecule has 2 aromatic rings. The molecule has 134 valence electrons. The fourth-order valence-corrected chi connectivity index (χ4v) is 3.16. The molecular weight excluding hydrogens is 336 g/mol. The first-order valence-electron chi connectivity index (χ1n) is 8.74. The minimum Gasteiger partial charge on any atom is -0.491 e. The maximum Gasteiger partial charge on any atom is 0.119 e. The Morgan fingerprint density at radius 3 is 2.24 bits per heavy atom. The van der Waals surface area contributed by atoms with Gasteiger partial charge in [-0.2, -0.15) is 0 Å². The summed E-state index contributed by atoms with van der Waals surface area (Å²) < 4.78 is 5.62. The molecule has 1 fully saturated rings. The van der Waals surface area contributed by atoms with Gasteiger partial charge in [0.25, 0.3) is 0 Å².